The zero-order valence-corrected chi connectivity index (χ0v) is 11.9. The van der Waals surface area contributed by atoms with E-state index < -0.39 is 0 Å². The molecule has 0 saturated carbocycles. The van der Waals surface area contributed by atoms with Gasteiger partial charge in [-0.15, -0.1) is 0 Å². The van der Waals surface area contributed by atoms with Crippen molar-refractivity contribution in [1.82, 2.24) is 15.2 Å². The number of nitrogens with one attached hydrogen (secondary N) is 1. The van der Waals surface area contributed by atoms with Gasteiger partial charge in [-0.25, -0.2) is 0 Å². The zero-order chi connectivity index (χ0) is 13.7. The summed E-state index contributed by atoms with van der Waals surface area (Å²) in [7, 11) is 1.86. The van der Waals surface area contributed by atoms with Crippen LogP contribution in [0.15, 0.2) is 18.2 Å². The second-order valence-corrected chi connectivity index (χ2v) is 5.32. The van der Waals surface area contributed by atoms with E-state index in [0.717, 1.165) is 30.8 Å². The molecule has 0 bridgehead atoms. The maximum atomic E-state index is 12.4. The predicted molar refractivity (Wildman–Crippen MR) is 75.7 cm³/mol. The van der Waals surface area contributed by atoms with E-state index in [1.54, 1.807) is 4.90 Å². The highest BCUT2D eigenvalue weighted by atomic mass is 16.2. The first-order chi connectivity index (χ1) is 9.16. The molecule has 1 aliphatic heterocycles. The molecule has 0 aliphatic carbocycles. The molecule has 0 radical (unpaired) electrons. The van der Waals surface area contributed by atoms with Crippen LogP contribution in [-0.2, 0) is 11.3 Å². The van der Waals surface area contributed by atoms with Crippen molar-refractivity contribution in [1.29, 1.82) is 0 Å². The zero-order valence-electron chi connectivity index (χ0n) is 11.9. The molecule has 1 aromatic rings. The van der Waals surface area contributed by atoms with Gasteiger partial charge in [-0.1, -0.05) is 18.9 Å². The van der Waals surface area contributed by atoms with Gasteiger partial charge in [-0.05, 0) is 38.4 Å². The van der Waals surface area contributed by atoms with Gasteiger partial charge in [0.05, 0.1) is 18.3 Å². The molecule has 19 heavy (non-hydrogen) atoms. The Hall–Kier alpha value is -1.42. The lowest BCUT2D eigenvalue weighted by Crippen LogP contribution is -2.44. The number of hydrogen-bond donors (Lipinski definition) is 1. The number of aryl methyl sites for hydroxylation is 1. The minimum absolute atomic E-state index is 0.0164. The number of amides is 1. The van der Waals surface area contributed by atoms with E-state index in [2.05, 4.69) is 10.3 Å². The maximum Gasteiger partial charge on any atom is 0.239 e. The van der Waals surface area contributed by atoms with Crippen LogP contribution in [0.4, 0.5) is 0 Å². The third kappa shape index (κ3) is 4.03. The van der Waals surface area contributed by atoms with Crippen molar-refractivity contribution >= 4 is 5.91 Å². The molecule has 2 rings (SSSR count). The lowest BCUT2D eigenvalue weighted by Gasteiger charge is -2.23. The lowest BCUT2D eigenvalue weighted by molar-refractivity contribution is -0.132. The van der Waals surface area contributed by atoms with E-state index in [1.807, 2.05) is 32.2 Å². The van der Waals surface area contributed by atoms with E-state index in [9.17, 15) is 4.79 Å². The molecule has 2 heterocycles. The van der Waals surface area contributed by atoms with Crippen molar-refractivity contribution in [2.45, 2.75) is 45.2 Å². The van der Waals surface area contributed by atoms with Gasteiger partial charge in [0.2, 0.25) is 5.91 Å². The average molecular weight is 261 g/mol. The molecule has 1 atom stereocenters. The Balaban J connectivity index is 1.94. The second kappa shape index (κ2) is 6.66. The van der Waals surface area contributed by atoms with Crippen LogP contribution in [0.5, 0.6) is 0 Å². The summed E-state index contributed by atoms with van der Waals surface area (Å²) in [5, 5.41) is 3.35. The number of rotatable bonds is 3. The first kappa shape index (κ1) is 14.0. The van der Waals surface area contributed by atoms with Gasteiger partial charge in [0.15, 0.2) is 0 Å². The topological polar surface area (TPSA) is 45.2 Å². The molecular weight excluding hydrogens is 238 g/mol. The number of pyridine rings is 1. The Kier molecular flexibility index (Phi) is 4.91. The Morgan fingerprint density at radius 3 is 3.05 bits per heavy atom. The summed E-state index contributed by atoms with van der Waals surface area (Å²) in [6, 6.07) is 5.91. The first-order valence-corrected chi connectivity index (χ1v) is 7.08. The maximum absolute atomic E-state index is 12.4. The monoisotopic (exact) mass is 261 g/mol. The molecule has 1 saturated heterocycles. The standard InChI is InChI=1S/C15H23N3O/c1-12-7-6-8-13(17-12)11-18(2)15(19)14-9-4-3-5-10-16-14/h6-8,14,16H,3-5,9-11H2,1-2H3. The van der Waals surface area contributed by atoms with E-state index in [4.69, 9.17) is 0 Å². The number of carbonyl (C=O) groups excluding carboxylic acids is 1. The van der Waals surface area contributed by atoms with Crippen LogP contribution in [0.25, 0.3) is 0 Å². The van der Waals surface area contributed by atoms with E-state index in [1.165, 1.54) is 12.8 Å². The van der Waals surface area contributed by atoms with Crippen LogP contribution in [0.2, 0.25) is 0 Å². The minimum Gasteiger partial charge on any atom is -0.339 e. The van der Waals surface area contributed by atoms with Crippen molar-refractivity contribution in [3.8, 4) is 0 Å². The van der Waals surface area contributed by atoms with Gasteiger partial charge in [0.1, 0.15) is 0 Å². The fourth-order valence-corrected chi connectivity index (χ4v) is 2.51. The SMILES string of the molecule is Cc1cccc(CN(C)C(=O)C2CCCCCN2)n1. The fraction of sp³-hybridized carbons (Fsp3) is 0.600. The Morgan fingerprint density at radius 1 is 1.42 bits per heavy atom. The molecule has 1 unspecified atom stereocenters. The second-order valence-electron chi connectivity index (χ2n) is 5.32. The van der Waals surface area contributed by atoms with Gasteiger partial charge < -0.3 is 10.2 Å². The third-order valence-corrected chi connectivity index (χ3v) is 3.58. The molecule has 4 nitrogen and oxygen atoms in total. The van der Waals surface area contributed by atoms with Crippen LogP contribution < -0.4 is 5.32 Å². The van der Waals surface area contributed by atoms with Crippen molar-refractivity contribution in [2.75, 3.05) is 13.6 Å². The van der Waals surface area contributed by atoms with Crippen LogP contribution in [-0.4, -0.2) is 35.4 Å². The molecule has 1 aliphatic rings. The summed E-state index contributed by atoms with van der Waals surface area (Å²) in [5.74, 6) is 0.185. The number of hydrogen-bond acceptors (Lipinski definition) is 3. The van der Waals surface area contributed by atoms with Crippen LogP contribution in [0, 0.1) is 6.92 Å². The Morgan fingerprint density at radius 2 is 2.26 bits per heavy atom. The predicted octanol–water partition coefficient (Wildman–Crippen LogP) is 1.88. The van der Waals surface area contributed by atoms with Crippen molar-refractivity contribution in [3.63, 3.8) is 0 Å². The number of carbonyl (C=O) groups is 1. The van der Waals surface area contributed by atoms with Crippen molar-refractivity contribution in [2.24, 2.45) is 0 Å². The van der Waals surface area contributed by atoms with Crippen molar-refractivity contribution in [3.05, 3.63) is 29.6 Å². The quantitative estimate of drug-likeness (QED) is 0.903. The molecular formula is C15H23N3O. The first-order valence-electron chi connectivity index (χ1n) is 7.08. The number of aromatic nitrogens is 1. The van der Waals surface area contributed by atoms with Gasteiger partial charge in [0, 0.05) is 12.7 Å². The van der Waals surface area contributed by atoms with Crippen LogP contribution in [0.1, 0.15) is 37.1 Å². The van der Waals surface area contributed by atoms with Crippen molar-refractivity contribution < 1.29 is 4.79 Å². The summed E-state index contributed by atoms with van der Waals surface area (Å²) in [5.41, 5.74) is 1.94. The van der Waals surface area contributed by atoms with Gasteiger partial charge in [0.25, 0.3) is 0 Å². The number of nitrogens with zero attached hydrogens (tertiary/aromatic N) is 2. The molecule has 4 heteroatoms. The van der Waals surface area contributed by atoms with E-state index in [0.29, 0.717) is 6.54 Å². The van der Waals surface area contributed by atoms with E-state index >= 15 is 0 Å². The van der Waals surface area contributed by atoms with Gasteiger partial charge in [-0.3, -0.25) is 9.78 Å². The fourth-order valence-electron chi connectivity index (χ4n) is 2.51. The highest BCUT2D eigenvalue weighted by Gasteiger charge is 2.22. The molecule has 1 aromatic heterocycles. The average Bonchev–Trinajstić information content (AvgIpc) is 2.66. The minimum atomic E-state index is -0.0164. The Labute approximate surface area is 115 Å². The van der Waals surface area contributed by atoms with E-state index in [-0.39, 0.29) is 11.9 Å². The Bertz CT molecular complexity index is 425. The highest BCUT2D eigenvalue weighted by Crippen LogP contribution is 2.11. The molecule has 1 fully saturated rings. The largest absolute Gasteiger partial charge is 0.339 e. The third-order valence-electron chi connectivity index (χ3n) is 3.58. The highest BCUT2D eigenvalue weighted by molar-refractivity contribution is 5.81. The summed E-state index contributed by atoms with van der Waals surface area (Å²) in [6.45, 7) is 3.50. The molecule has 1 N–H and O–H groups in total. The molecule has 0 aromatic carbocycles. The van der Waals surface area contributed by atoms with Crippen LogP contribution in [0.3, 0.4) is 0 Å². The lowest BCUT2D eigenvalue weighted by atomic mass is 10.1. The normalized spacial score (nSPS) is 19.8. The van der Waals surface area contributed by atoms with Gasteiger partial charge >= 0.3 is 0 Å². The molecule has 1 amide bonds. The summed E-state index contributed by atoms with van der Waals surface area (Å²) in [4.78, 5) is 18.6. The number of likely N-dealkylation sites (N-methyl/N-ethyl adjacent to an activating group) is 1. The molecule has 104 valence electrons. The van der Waals surface area contributed by atoms with Crippen LogP contribution >= 0.6 is 0 Å². The summed E-state index contributed by atoms with van der Waals surface area (Å²) in [6.07, 6.45) is 4.48. The smallest absolute Gasteiger partial charge is 0.239 e. The summed E-state index contributed by atoms with van der Waals surface area (Å²) >= 11 is 0. The summed E-state index contributed by atoms with van der Waals surface area (Å²) < 4.78 is 0. The van der Waals surface area contributed by atoms with Gasteiger partial charge in [-0.2, -0.15) is 0 Å². The molecule has 0 spiro atoms.